The highest BCUT2D eigenvalue weighted by Crippen LogP contribution is 2.22. The van der Waals surface area contributed by atoms with Gasteiger partial charge in [0.25, 0.3) is 0 Å². The van der Waals surface area contributed by atoms with Gasteiger partial charge in [-0.1, -0.05) is 6.07 Å². The molecule has 0 radical (unpaired) electrons. The molecule has 1 fully saturated rings. The van der Waals surface area contributed by atoms with Crippen molar-refractivity contribution in [2.24, 2.45) is 0 Å². The number of ketones is 1. The van der Waals surface area contributed by atoms with Crippen LogP contribution < -0.4 is 0 Å². The van der Waals surface area contributed by atoms with E-state index < -0.39 is 33.7 Å². The zero-order valence-electron chi connectivity index (χ0n) is 15.3. The van der Waals surface area contributed by atoms with E-state index in [1.165, 1.54) is 47.6 Å². The van der Waals surface area contributed by atoms with Gasteiger partial charge in [-0.15, -0.1) is 0 Å². The molecule has 1 atom stereocenters. The van der Waals surface area contributed by atoms with Crippen LogP contribution in [0.5, 0.6) is 0 Å². The lowest BCUT2D eigenvalue weighted by molar-refractivity contribution is 0.0318. The standard InChI is InChI=1S/C20H20FNO5S/c1-14(19(23)15-7-9-17(21)10-8-15)27-20(24)16-5-4-6-18(13-16)28(25,26)22-11-2-3-12-22/h4-10,13-14H,2-3,11-12H2,1H3/t14-/m1/s1. The largest absolute Gasteiger partial charge is 0.451 e. The molecule has 1 saturated heterocycles. The molecule has 0 aliphatic carbocycles. The number of ether oxygens (including phenoxy) is 1. The van der Waals surface area contributed by atoms with E-state index in [2.05, 4.69) is 0 Å². The van der Waals surface area contributed by atoms with Crippen molar-refractivity contribution in [3.05, 3.63) is 65.5 Å². The Balaban J connectivity index is 1.74. The minimum absolute atomic E-state index is 0.0152. The Kier molecular flexibility index (Phi) is 5.90. The maximum absolute atomic E-state index is 13.0. The zero-order chi connectivity index (χ0) is 20.3. The van der Waals surface area contributed by atoms with E-state index in [-0.39, 0.29) is 16.0 Å². The number of carbonyl (C=O) groups is 2. The second-order valence-electron chi connectivity index (χ2n) is 6.56. The summed E-state index contributed by atoms with van der Waals surface area (Å²) in [7, 11) is -3.66. The van der Waals surface area contributed by atoms with Crippen molar-refractivity contribution in [2.45, 2.75) is 30.8 Å². The summed E-state index contributed by atoms with van der Waals surface area (Å²) in [6, 6.07) is 10.5. The number of hydrogen-bond acceptors (Lipinski definition) is 5. The lowest BCUT2D eigenvalue weighted by Crippen LogP contribution is -2.28. The smallest absolute Gasteiger partial charge is 0.338 e. The summed E-state index contributed by atoms with van der Waals surface area (Å²) in [5.41, 5.74) is 0.256. The van der Waals surface area contributed by atoms with Gasteiger partial charge < -0.3 is 4.74 Å². The van der Waals surface area contributed by atoms with Crippen molar-refractivity contribution < 1.29 is 27.1 Å². The van der Waals surface area contributed by atoms with Crippen molar-refractivity contribution in [3.8, 4) is 0 Å². The molecule has 0 unspecified atom stereocenters. The highest BCUT2D eigenvalue weighted by Gasteiger charge is 2.28. The van der Waals surface area contributed by atoms with Crippen molar-refractivity contribution >= 4 is 21.8 Å². The highest BCUT2D eigenvalue weighted by molar-refractivity contribution is 7.89. The molecule has 1 aliphatic rings. The molecule has 8 heteroatoms. The molecule has 0 N–H and O–H groups in total. The minimum atomic E-state index is -3.66. The zero-order valence-corrected chi connectivity index (χ0v) is 16.1. The summed E-state index contributed by atoms with van der Waals surface area (Å²) in [6.07, 6.45) is 0.519. The van der Waals surface area contributed by atoms with Crippen LogP contribution in [0, 0.1) is 5.82 Å². The highest BCUT2D eigenvalue weighted by atomic mass is 32.2. The van der Waals surface area contributed by atoms with Crippen LogP contribution in [0.1, 0.15) is 40.5 Å². The van der Waals surface area contributed by atoms with Crippen molar-refractivity contribution in [1.29, 1.82) is 0 Å². The van der Waals surface area contributed by atoms with E-state index in [1.54, 1.807) is 0 Å². The summed E-state index contributed by atoms with van der Waals surface area (Å²) in [5.74, 6) is -1.76. The Hall–Kier alpha value is -2.58. The molecule has 0 bridgehead atoms. The van der Waals surface area contributed by atoms with E-state index >= 15 is 0 Å². The normalized spacial score (nSPS) is 15.9. The van der Waals surface area contributed by atoms with Gasteiger partial charge in [0.15, 0.2) is 6.10 Å². The van der Waals surface area contributed by atoms with Crippen LogP contribution in [0.2, 0.25) is 0 Å². The van der Waals surface area contributed by atoms with Gasteiger partial charge in [0.05, 0.1) is 10.5 Å². The molecule has 0 spiro atoms. The van der Waals surface area contributed by atoms with Crippen LogP contribution in [-0.4, -0.2) is 43.7 Å². The summed E-state index contributed by atoms with van der Waals surface area (Å²) >= 11 is 0. The summed E-state index contributed by atoms with van der Waals surface area (Å²) in [6.45, 7) is 2.33. The van der Waals surface area contributed by atoms with Crippen LogP contribution in [-0.2, 0) is 14.8 Å². The molecule has 0 saturated carbocycles. The number of benzene rings is 2. The maximum atomic E-state index is 13.0. The van der Waals surface area contributed by atoms with Gasteiger partial charge in [0.2, 0.25) is 15.8 Å². The van der Waals surface area contributed by atoms with Gasteiger partial charge in [-0.25, -0.2) is 17.6 Å². The summed E-state index contributed by atoms with van der Waals surface area (Å²) in [4.78, 5) is 24.7. The fourth-order valence-electron chi connectivity index (χ4n) is 2.99. The van der Waals surface area contributed by atoms with E-state index in [9.17, 15) is 22.4 Å². The number of rotatable bonds is 6. The van der Waals surface area contributed by atoms with Crippen molar-refractivity contribution in [1.82, 2.24) is 4.31 Å². The average Bonchev–Trinajstić information content (AvgIpc) is 3.24. The van der Waals surface area contributed by atoms with Crippen LogP contribution >= 0.6 is 0 Å². The third kappa shape index (κ3) is 4.28. The average molecular weight is 405 g/mol. The molecular weight excluding hydrogens is 385 g/mol. The lowest BCUT2D eigenvalue weighted by Gasteiger charge is -2.16. The number of hydrogen-bond donors (Lipinski definition) is 0. The monoisotopic (exact) mass is 405 g/mol. The Morgan fingerprint density at radius 3 is 2.32 bits per heavy atom. The first-order chi connectivity index (χ1) is 13.3. The van der Waals surface area contributed by atoms with Crippen LogP contribution in [0.4, 0.5) is 4.39 Å². The topological polar surface area (TPSA) is 80.8 Å². The first kappa shape index (κ1) is 20.2. The number of carbonyl (C=O) groups excluding carboxylic acids is 2. The molecule has 1 heterocycles. The molecule has 2 aromatic rings. The van der Waals surface area contributed by atoms with Gasteiger partial charge >= 0.3 is 5.97 Å². The van der Waals surface area contributed by atoms with Gasteiger partial charge in [-0.3, -0.25) is 4.79 Å². The molecule has 0 amide bonds. The predicted molar refractivity (Wildman–Crippen MR) is 100 cm³/mol. The Morgan fingerprint density at radius 1 is 1.04 bits per heavy atom. The predicted octanol–water partition coefficient (Wildman–Crippen LogP) is 3.04. The molecule has 0 aromatic heterocycles. The van der Waals surface area contributed by atoms with Crippen LogP contribution in [0.15, 0.2) is 53.4 Å². The summed E-state index contributed by atoms with van der Waals surface area (Å²) < 4.78 is 44.8. The number of esters is 1. The maximum Gasteiger partial charge on any atom is 0.338 e. The second-order valence-corrected chi connectivity index (χ2v) is 8.50. The molecule has 148 valence electrons. The van der Waals surface area contributed by atoms with E-state index in [0.29, 0.717) is 13.1 Å². The molecule has 2 aromatic carbocycles. The first-order valence-corrected chi connectivity index (χ1v) is 10.3. The third-order valence-corrected chi connectivity index (χ3v) is 6.45. The van der Waals surface area contributed by atoms with Gasteiger partial charge in [0, 0.05) is 18.7 Å². The first-order valence-electron chi connectivity index (χ1n) is 8.90. The molecule has 3 rings (SSSR count). The number of nitrogens with zero attached hydrogens (tertiary/aromatic N) is 1. The van der Waals surface area contributed by atoms with E-state index in [1.807, 2.05) is 0 Å². The molecular formula is C20H20FNO5S. The molecule has 1 aliphatic heterocycles. The van der Waals surface area contributed by atoms with Crippen molar-refractivity contribution in [3.63, 3.8) is 0 Å². The molecule has 6 nitrogen and oxygen atoms in total. The fourth-order valence-corrected chi connectivity index (χ4v) is 4.56. The SMILES string of the molecule is C[C@@H](OC(=O)c1cccc(S(=O)(=O)N2CCCC2)c1)C(=O)c1ccc(F)cc1. The fraction of sp³-hybridized carbons (Fsp3) is 0.300. The van der Waals surface area contributed by atoms with Gasteiger partial charge in [0.1, 0.15) is 5.82 Å². The minimum Gasteiger partial charge on any atom is -0.451 e. The quantitative estimate of drug-likeness (QED) is 0.545. The van der Waals surface area contributed by atoms with Gasteiger partial charge in [-0.05, 0) is 62.2 Å². The van der Waals surface area contributed by atoms with Crippen LogP contribution in [0.25, 0.3) is 0 Å². The number of sulfonamides is 1. The van der Waals surface area contributed by atoms with Gasteiger partial charge in [-0.2, -0.15) is 4.31 Å². The van der Waals surface area contributed by atoms with Crippen molar-refractivity contribution in [2.75, 3.05) is 13.1 Å². The Morgan fingerprint density at radius 2 is 1.68 bits per heavy atom. The Bertz CT molecular complexity index is 982. The van der Waals surface area contributed by atoms with E-state index in [0.717, 1.165) is 25.0 Å². The summed E-state index contributed by atoms with van der Waals surface area (Å²) in [5, 5.41) is 0. The number of halogens is 1. The Labute approximate surface area is 163 Å². The molecule has 28 heavy (non-hydrogen) atoms. The van der Waals surface area contributed by atoms with E-state index in [4.69, 9.17) is 4.74 Å². The second kappa shape index (κ2) is 8.20. The number of Topliss-reactive ketones (excluding diaryl/α,β-unsaturated/α-hetero) is 1. The van der Waals surface area contributed by atoms with Crippen LogP contribution in [0.3, 0.4) is 0 Å². The third-order valence-electron chi connectivity index (χ3n) is 4.55. The lowest BCUT2D eigenvalue weighted by atomic mass is 10.1.